The summed E-state index contributed by atoms with van der Waals surface area (Å²) >= 11 is 0. The van der Waals surface area contributed by atoms with Crippen LogP contribution in [-0.4, -0.2) is 36.1 Å². The van der Waals surface area contributed by atoms with Crippen LogP contribution in [0, 0.1) is 0 Å². The number of aromatic nitrogens is 2. The average molecular weight is 301 g/mol. The van der Waals surface area contributed by atoms with Crippen LogP contribution < -0.4 is 15.8 Å². The van der Waals surface area contributed by atoms with E-state index in [0.29, 0.717) is 6.54 Å². The van der Waals surface area contributed by atoms with Crippen molar-refractivity contribution in [3.63, 3.8) is 0 Å². The molecule has 2 rings (SSSR count). The zero-order chi connectivity index (χ0) is 14.9. The molecular weight excluding hydrogens is 286 g/mol. The summed E-state index contributed by atoms with van der Waals surface area (Å²) in [5.41, 5.74) is 5.56. The second-order valence-corrected chi connectivity index (χ2v) is 6.04. The molecule has 9 nitrogen and oxygen atoms in total. The van der Waals surface area contributed by atoms with Gasteiger partial charge in [0.25, 0.3) is 0 Å². The number of nitrogen functional groups attached to an aromatic ring is 1. The molecule has 0 radical (unpaired) electrons. The van der Waals surface area contributed by atoms with E-state index in [1.165, 1.54) is 10.9 Å². The monoisotopic (exact) mass is 301 g/mol. The first-order valence-electron chi connectivity index (χ1n) is 6.02. The molecule has 1 saturated heterocycles. The van der Waals surface area contributed by atoms with Crippen LogP contribution >= 0.6 is 0 Å². The van der Waals surface area contributed by atoms with Gasteiger partial charge in [0, 0.05) is 19.2 Å². The number of hydrogen-bond donors (Lipinski definition) is 3. The van der Waals surface area contributed by atoms with Gasteiger partial charge in [0.2, 0.25) is 21.8 Å². The third-order valence-corrected chi connectivity index (χ3v) is 4.39. The van der Waals surface area contributed by atoms with Crippen molar-refractivity contribution in [1.82, 2.24) is 19.8 Å². The van der Waals surface area contributed by atoms with Gasteiger partial charge in [0.05, 0.1) is 0 Å². The Balaban J connectivity index is 2.20. The maximum Gasteiger partial charge on any atom is 0.246 e. The molecule has 4 N–H and O–H groups in total. The lowest BCUT2D eigenvalue weighted by Crippen LogP contribution is -2.52. The lowest BCUT2D eigenvalue weighted by Gasteiger charge is -2.21. The largest absolute Gasteiger partial charge is 0.381 e. The number of nitrogens with two attached hydrogens (primary N) is 1. The van der Waals surface area contributed by atoms with E-state index < -0.39 is 27.9 Å². The molecule has 0 saturated carbocycles. The van der Waals surface area contributed by atoms with Gasteiger partial charge in [-0.2, -0.15) is 9.82 Å². The van der Waals surface area contributed by atoms with Gasteiger partial charge in [-0.3, -0.25) is 19.6 Å². The van der Waals surface area contributed by atoms with Crippen LogP contribution in [0.4, 0.5) is 5.82 Å². The number of imide groups is 1. The molecule has 2 heterocycles. The molecule has 0 spiro atoms. The van der Waals surface area contributed by atoms with Gasteiger partial charge in [-0.15, -0.1) is 0 Å². The smallest absolute Gasteiger partial charge is 0.246 e. The molecule has 20 heavy (non-hydrogen) atoms. The van der Waals surface area contributed by atoms with Gasteiger partial charge in [0.15, 0.2) is 5.82 Å². The van der Waals surface area contributed by atoms with Crippen LogP contribution in [0.5, 0.6) is 0 Å². The molecular formula is C10H15N5O4S. The Morgan fingerprint density at radius 3 is 2.80 bits per heavy atom. The third kappa shape index (κ3) is 2.80. The lowest BCUT2D eigenvalue weighted by molar-refractivity contribution is -0.134. The van der Waals surface area contributed by atoms with E-state index >= 15 is 0 Å². The van der Waals surface area contributed by atoms with E-state index in [0.717, 1.165) is 0 Å². The van der Waals surface area contributed by atoms with Crippen molar-refractivity contribution in [3.05, 3.63) is 6.20 Å². The number of aryl methyl sites for hydroxylation is 1. The number of rotatable bonds is 4. The van der Waals surface area contributed by atoms with E-state index in [1.807, 2.05) is 0 Å². The molecule has 0 aromatic carbocycles. The minimum Gasteiger partial charge on any atom is -0.381 e. The summed E-state index contributed by atoms with van der Waals surface area (Å²) in [4.78, 5) is 22.4. The van der Waals surface area contributed by atoms with Crippen molar-refractivity contribution >= 4 is 27.7 Å². The highest BCUT2D eigenvalue weighted by atomic mass is 32.2. The molecule has 1 atom stereocenters. The maximum atomic E-state index is 12.2. The molecule has 1 aliphatic rings. The molecule has 1 aromatic heterocycles. The highest BCUT2D eigenvalue weighted by molar-refractivity contribution is 7.89. The summed E-state index contributed by atoms with van der Waals surface area (Å²) < 4.78 is 28.0. The third-order valence-electron chi connectivity index (χ3n) is 2.91. The molecule has 10 heteroatoms. The molecule has 2 amide bonds. The van der Waals surface area contributed by atoms with Crippen LogP contribution in [0.2, 0.25) is 0 Å². The first kappa shape index (κ1) is 14.5. The van der Waals surface area contributed by atoms with Gasteiger partial charge < -0.3 is 5.73 Å². The SMILES string of the molecule is CCn1cc(S(=O)(=O)NC2CCC(=O)NC2=O)c(N)n1. The Hall–Kier alpha value is -1.94. The van der Waals surface area contributed by atoms with Crippen molar-refractivity contribution in [2.45, 2.75) is 37.2 Å². The van der Waals surface area contributed by atoms with Crippen LogP contribution in [0.25, 0.3) is 0 Å². The molecule has 110 valence electrons. The minimum absolute atomic E-state index is 0.0859. The Labute approximate surface area is 115 Å². The highest BCUT2D eigenvalue weighted by Gasteiger charge is 2.32. The zero-order valence-corrected chi connectivity index (χ0v) is 11.6. The van der Waals surface area contributed by atoms with E-state index in [4.69, 9.17) is 5.73 Å². The number of amides is 2. The van der Waals surface area contributed by atoms with Crippen LogP contribution in [-0.2, 0) is 26.2 Å². The zero-order valence-electron chi connectivity index (χ0n) is 10.8. The van der Waals surface area contributed by atoms with Gasteiger partial charge in [0.1, 0.15) is 10.9 Å². The molecule has 1 aliphatic heterocycles. The standard InChI is InChI=1S/C10H15N5O4S/c1-2-15-5-7(9(11)13-15)20(18,19)14-6-3-4-8(16)12-10(6)17/h5-6,14H,2-4H2,1H3,(H2,11,13)(H,12,16,17). The van der Waals surface area contributed by atoms with Crippen LogP contribution in [0.15, 0.2) is 11.1 Å². The number of anilines is 1. The van der Waals surface area contributed by atoms with E-state index in [9.17, 15) is 18.0 Å². The van der Waals surface area contributed by atoms with Gasteiger partial charge in [-0.1, -0.05) is 0 Å². The number of hydrogen-bond acceptors (Lipinski definition) is 6. The predicted molar refractivity (Wildman–Crippen MR) is 68.8 cm³/mol. The van der Waals surface area contributed by atoms with E-state index in [-0.39, 0.29) is 23.6 Å². The number of sulfonamides is 1. The van der Waals surface area contributed by atoms with Crippen molar-refractivity contribution in [3.8, 4) is 0 Å². The Kier molecular flexibility index (Phi) is 3.77. The molecule has 1 aromatic rings. The van der Waals surface area contributed by atoms with Crippen molar-refractivity contribution in [2.24, 2.45) is 0 Å². The molecule has 0 aliphatic carbocycles. The van der Waals surface area contributed by atoms with Crippen LogP contribution in [0.1, 0.15) is 19.8 Å². The Morgan fingerprint density at radius 2 is 2.25 bits per heavy atom. The normalized spacial score (nSPS) is 19.9. The minimum atomic E-state index is -3.96. The quantitative estimate of drug-likeness (QED) is 0.583. The lowest BCUT2D eigenvalue weighted by atomic mass is 10.1. The summed E-state index contributed by atoms with van der Waals surface area (Å²) in [6.45, 7) is 2.26. The number of nitrogens with zero attached hydrogens (tertiary/aromatic N) is 2. The second-order valence-electron chi connectivity index (χ2n) is 4.36. The predicted octanol–water partition coefficient (Wildman–Crippen LogP) is -1.43. The fourth-order valence-corrected chi connectivity index (χ4v) is 3.15. The van der Waals surface area contributed by atoms with Crippen molar-refractivity contribution < 1.29 is 18.0 Å². The number of piperidine rings is 1. The molecule has 1 unspecified atom stereocenters. The number of nitrogens with one attached hydrogen (secondary N) is 2. The number of carbonyl (C=O) groups is 2. The first-order valence-corrected chi connectivity index (χ1v) is 7.50. The fraction of sp³-hybridized carbons (Fsp3) is 0.500. The highest BCUT2D eigenvalue weighted by Crippen LogP contribution is 2.17. The van der Waals surface area contributed by atoms with Gasteiger partial charge >= 0.3 is 0 Å². The topological polar surface area (TPSA) is 136 Å². The second kappa shape index (κ2) is 5.21. The van der Waals surface area contributed by atoms with E-state index in [1.54, 1.807) is 6.92 Å². The first-order chi connectivity index (χ1) is 9.33. The van der Waals surface area contributed by atoms with Crippen LogP contribution in [0.3, 0.4) is 0 Å². The van der Waals surface area contributed by atoms with Crippen molar-refractivity contribution in [1.29, 1.82) is 0 Å². The molecule has 1 fully saturated rings. The number of carbonyl (C=O) groups excluding carboxylic acids is 2. The molecule has 0 bridgehead atoms. The Morgan fingerprint density at radius 1 is 1.55 bits per heavy atom. The fourth-order valence-electron chi connectivity index (χ4n) is 1.84. The van der Waals surface area contributed by atoms with Gasteiger partial charge in [-0.25, -0.2) is 8.42 Å². The summed E-state index contributed by atoms with van der Waals surface area (Å²) in [6.07, 6.45) is 1.50. The summed E-state index contributed by atoms with van der Waals surface area (Å²) in [5, 5.41) is 5.92. The van der Waals surface area contributed by atoms with Gasteiger partial charge in [-0.05, 0) is 13.3 Å². The summed E-state index contributed by atoms with van der Waals surface area (Å²) in [7, 11) is -3.96. The van der Waals surface area contributed by atoms with Crippen molar-refractivity contribution in [2.75, 3.05) is 5.73 Å². The average Bonchev–Trinajstić information content (AvgIpc) is 2.75. The van der Waals surface area contributed by atoms with E-state index in [2.05, 4.69) is 15.1 Å². The summed E-state index contributed by atoms with van der Waals surface area (Å²) in [5.74, 6) is -1.21. The summed E-state index contributed by atoms with van der Waals surface area (Å²) in [6, 6.07) is -0.984. The maximum absolute atomic E-state index is 12.2. The Bertz CT molecular complexity index is 651.